The van der Waals surface area contributed by atoms with Gasteiger partial charge in [0.2, 0.25) is 0 Å². The number of nitrogens with one attached hydrogen (secondary N) is 1. The SMILES string of the molecule is COc1ccc(C=NNc2nccnc2Cl)cc1. The van der Waals surface area contributed by atoms with E-state index in [0.29, 0.717) is 5.82 Å². The lowest BCUT2D eigenvalue weighted by molar-refractivity contribution is 0.415. The maximum atomic E-state index is 5.82. The van der Waals surface area contributed by atoms with Gasteiger partial charge in [0.05, 0.1) is 13.3 Å². The molecular weight excluding hydrogens is 252 g/mol. The van der Waals surface area contributed by atoms with Gasteiger partial charge < -0.3 is 4.74 Å². The molecule has 0 atom stereocenters. The second kappa shape index (κ2) is 5.97. The second-order valence-corrected chi connectivity index (χ2v) is 3.70. The molecule has 1 aromatic heterocycles. The van der Waals surface area contributed by atoms with Gasteiger partial charge in [0.1, 0.15) is 5.75 Å². The highest BCUT2D eigenvalue weighted by Gasteiger charge is 1.98. The minimum Gasteiger partial charge on any atom is -0.497 e. The Balaban J connectivity index is 2.01. The molecule has 6 heteroatoms. The molecule has 0 aliphatic rings. The van der Waals surface area contributed by atoms with Crippen LogP contribution in [-0.4, -0.2) is 23.3 Å². The number of rotatable bonds is 4. The molecule has 2 rings (SSSR count). The fourth-order valence-corrected chi connectivity index (χ4v) is 1.40. The van der Waals surface area contributed by atoms with Crippen LogP contribution in [-0.2, 0) is 0 Å². The van der Waals surface area contributed by atoms with Crippen LogP contribution >= 0.6 is 11.6 Å². The molecule has 5 nitrogen and oxygen atoms in total. The molecule has 18 heavy (non-hydrogen) atoms. The summed E-state index contributed by atoms with van der Waals surface area (Å²) in [6.07, 6.45) is 4.71. The molecule has 0 radical (unpaired) electrons. The Labute approximate surface area is 109 Å². The fraction of sp³-hybridized carbons (Fsp3) is 0.0833. The van der Waals surface area contributed by atoms with Crippen LogP contribution in [0.5, 0.6) is 5.75 Å². The summed E-state index contributed by atoms with van der Waals surface area (Å²) in [5.41, 5.74) is 3.66. The molecule has 0 amide bonds. The predicted octanol–water partition coefficient (Wildman–Crippen LogP) is 2.58. The normalized spacial score (nSPS) is 10.6. The topological polar surface area (TPSA) is 59.4 Å². The van der Waals surface area contributed by atoms with Crippen molar-refractivity contribution in [2.24, 2.45) is 5.10 Å². The fourth-order valence-electron chi connectivity index (χ4n) is 1.25. The minimum absolute atomic E-state index is 0.282. The Morgan fingerprint density at radius 2 is 1.94 bits per heavy atom. The molecule has 0 bridgehead atoms. The van der Waals surface area contributed by atoms with Gasteiger partial charge in [-0.05, 0) is 29.8 Å². The van der Waals surface area contributed by atoms with Gasteiger partial charge in [-0.1, -0.05) is 11.6 Å². The molecule has 0 saturated carbocycles. The summed E-state index contributed by atoms with van der Waals surface area (Å²) in [5, 5.41) is 4.31. The van der Waals surface area contributed by atoms with Crippen LogP contribution in [0.4, 0.5) is 5.82 Å². The highest BCUT2D eigenvalue weighted by molar-refractivity contribution is 6.31. The first-order valence-corrected chi connectivity index (χ1v) is 5.57. The van der Waals surface area contributed by atoms with Crippen molar-refractivity contribution in [1.29, 1.82) is 0 Å². The number of halogens is 1. The van der Waals surface area contributed by atoms with Crippen LogP contribution in [0.1, 0.15) is 5.56 Å². The number of benzene rings is 1. The number of aromatic nitrogens is 2. The molecule has 1 aromatic carbocycles. The van der Waals surface area contributed by atoms with Crippen LogP contribution in [0.2, 0.25) is 5.15 Å². The van der Waals surface area contributed by atoms with Crippen molar-refractivity contribution in [2.75, 3.05) is 12.5 Å². The zero-order valence-corrected chi connectivity index (χ0v) is 10.4. The zero-order chi connectivity index (χ0) is 12.8. The molecular formula is C12H11ClN4O. The third kappa shape index (κ3) is 3.18. The van der Waals surface area contributed by atoms with E-state index in [0.717, 1.165) is 11.3 Å². The van der Waals surface area contributed by atoms with Crippen molar-refractivity contribution in [3.63, 3.8) is 0 Å². The van der Waals surface area contributed by atoms with E-state index in [1.165, 1.54) is 12.4 Å². The molecule has 0 aliphatic carbocycles. The molecule has 1 heterocycles. The zero-order valence-electron chi connectivity index (χ0n) is 9.67. The molecule has 0 fully saturated rings. The lowest BCUT2D eigenvalue weighted by Gasteiger charge is -2.00. The Bertz CT molecular complexity index is 542. The summed E-state index contributed by atoms with van der Waals surface area (Å²) in [7, 11) is 1.63. The standard InChI is InChI=1S/C12H11ClN4O/c1-18-10-4-2-9(3-5-10)8-16-17-12-11(13)14-6-7-15-12/h2-8H,1H3,(H,15,17). The first-order valence-electron chi connectivity index (χ1n) is 5.19. The van der Waals surface area contributed by atoms with Gasteiger partial charge in [-0.2, -0.15) is 5.10 Å². The highest BCUT2D eigenvalue weighted by atomic mass is 35.5. The number of nitrogens with zero attached hydrogens (tertiary/aromatic N) is 3. The van der Waals surface area contributed by atoms with Crippen LogP contribution in [0.25, 0.3) is 0 Å². The van der Waals surface area contributed by atoms with Crippen molar-refractivity contribution in [3.05, 3.63) is 47.4 Å². The number of hydrogen-bond acceptors (Lipinski definition) is 5. The summed E-state index contributed by atoms with van der Waals surface area (Å²) in [5.74, 6) is 1.22. The summed E-state index contributed by atoms with van der Waals surface area (Å²) in [6, 6.07) is 7.50. The Morgan fingerprint density at radius 3 is 2.61 bits per heavy atom. The Morgan fingerprint density at radius 1 is 1.22 bits per heavy atom. The van der Waals surface area contributed by atoms with Crippen molar-refractivity contribution in [1.82, 2.24) is 9.97 Å². The van der Waals surface area contributed by atoms with E-state index >= 15 is 0 Å². The van der Waals surface area contributed by atoms with Gasteiger partial charge in [-0.25, -0.2) is 9.97 Å². The van der Waals surface area contributed by atoms with E-state index in [4.69, 9.17) is 16.3 Å². The van der Waals surface area contributed by atoms with Gasteiger partial charge in [0, 0.05) is 12.4 Å². The average Bonchev–Trinajstić information content (AvgIpc) is 2.42. The van der Waals surface area contributed by atoms with Crippen LogP contribution in [0.15, 0.2) is 41.8 Å². The third-order valence-corrected chi connectivity index (χ3v) is 2.43. The molecule has 0 unspecified atom stereocenters. The minimum atomic E-state index is 0.282. The number of methoxy groups -OCH3 is 1. The Kier molecular flexibility index (Phi) is 4.09. The quantitative estimate of drug-likeness (QED) is 0.680. The molecule has 1 N–H and O–H groups in total. The molecule has 0 spiro atoms. The van der Waals surface area contributed by atoms with Gasteiger partial charge >= 0.3 is 0 Å². The van der Waals surface area contributed by atoms with Crippen molar-refractivity contribution < 1.29 is 4.74 Å². The largest absolute Gasteiger partial charge is 0.497 e. The van der Waals surface area contributed by atoms with E-state index in [9.17, 15) is 0 Å². The van der Waals surface area contributed by atoms with Gasteiger partial charge in [-0.3, -0.25) is 5.43 Å². The summed E-state index contributed by atoms with van der Waals surface area (Å²) < 4.78 is 5.06. The first kappa shape index (κ1) is 12.3. The number of ether oxygens (including phenoxy) is 1. The van der Waals surface area contributed by atoms with Gasteiger partial charge in [0.15, 0.2) is 11.0 Å². The number of hydrazone groups is 1. The van der Waals surface area contributed by atoms with Crippen LogP contribution < -0.4 is 10.2 Å². The van der Waals surface area contributed by atoms with E-state index in [-0.39, 0.29) is 5.15 Å². The average molecular weight is 263 g/mol. The Hall–Kier alpha value is -2.14. The monoisotopic (exact) mass is 262 g/mol. The van der Waals surface area contributed by atoms with E-state index in [1.807, 2.05) is 24.3 Å². The second-order valence-electron chi connectivity index (χ2n) is 3.34. The smallest absolute Gasteiger partial charge is 0.184 e. The molecule has 92 valence electrons. The molecule has 0 aliphatic heterocycles. The number of hydrogen-bond donors (Lipinski definition) is 1. The van der Waals surface area contributed by atoms with E-state index < -0.39 is 0 Å². The third-order valence-electron chi connectivity index (χ3n) is 2.15. The van der Waals surface area contributed by atoms with Crippen molar-refractivity contribution >= 4 is 23.6 Å². The van der Waals surface area contributed by atoms with Gasteiger partial charge in [-0.15, -0.1) is 0 Å². The van der Waals surface area contributed by atoms with Crippen molar-refractivity contribution in [2.45, 2.75) is 0 Å². The highest BCUT2D eigenvalue weighted by Crippen LogP contribution is 2.14. The molecule has 0 saturated heterocycles. The lowest BCUT2D eigenvalue weighted by Crippen LogP contribution is -1.95. The molecule has 2 aromatic rings. The summed E-state index contributed by atoms with van der Waals surface area (Å²) >= 11 is 5.82. The summed E-state index contributed by atoms with van der Waals surface area (Å²) in [6.45, 7) is 0. The van der Waals surface area contributed by atoms with Crippen LogP contribution in [0, 0.1) is 0 Å². The van der Waals surface area contributed by atoms with Crippen LogP contribution in [0.3, 0.4) is 0 Å². The summed E-state index contributed by atoms with van der Waals surface area (Å²) in [4.78, 5) is 7.87. The lowest BCUT2D eigenvalue weighted by atomic mass is 10.2. The van der Waals surface area contributed by atoms with Gasteiger partial charge in [0.25, 0.3) is 0 Å². The maximum absolute atomic E-state index is 5.82. The first-order chi connectivity index (χ1) is 8.79. The maximum Gasteiger partial charge on any atom is 0.184 e. The van der Waals surface area contributed by atoms with E-state index in [2.05, 4.69) is 20.5 Å². The van der Waals surface area contributed by atoms with Crippen molar-refractivity contribution in [3.8, 4) is 5.75 Å². The van der Waals surface area contributed by atoms with E-state index in [1.54, 1.807) is 13.3 Å². The predicted molar refractivity (Wildman–Crippen MR) is 71.3 cm³/mol. The number of anilines is 1.